The van der Waals surface area contributed by atoms with E-state index in [0.29, 0.717) is 16.0 Å². The summed E-state index contributed by atoms with van der Waals surface area (Å²) in [6.07, 6.45) is 6.12. The monoisotopic (exact) mass is 299 g/mol. The molecule has 0 spiro atoms. The van der Waals surface area contributed by atoms with E-state index in [2.05, 4.69) is 13.8 Å². The molecule has 0 aromatic heterocycles. The predicted molar refractivity (Wildman–Crippen MR) is 83.7 cm³/mol. The Hall–Kier alpha value is -0.240. The maximum Gasteiger partial charge on any atom is 0.0640 e. The molecule has 1 aromatic rings. The van der Waals surface area contributed by atoms with Crippen molar-refractivity contribution in [3.63, 3.8) is 0 Å². The van der Waals surface area contributed by atoms with Crippen molar-refractivity contribution in [2.45, 2.75) is 52.0 Å². The van der Waals surface area contributed by atoms with Gasteiger partial charge in [-0.05, 0) is 42.2 Å². The molecule has 3 heteroatoms. The van der Waals surface area contributed by atoms with E-state index in [-0.39, 0.29) is 11.5 Å². The summed E-state index contributed by atoms with van der Waals surface area (Å²) in [4.78, 5) is 0. The van der Waals surface area contributed by atoms with Crippen LogP contribution >= 0.6 is 23.2 Å². The van der Waals surface area contributed by atoms with Crippen LogP contribution in [0.1, 0.15) is 57.6 Å². The maximum absolute atomic E-state index is 6.61. The average molecular weight is 300 g/mol. The van der Waals surface area contributed by atoms with Crippen LogP contribution in [0.15, 0.2) is 18.2 Å². The van der Waals surface area contributed by atoms with Gasteiger partial charge >= 0.3 is 0 Å². The fourth-order valence-corrected chi connectivity index (χ4v) is 4.05. The highest BCUT2D eigenvalue weighted by atomic mass is 35.5. The Kier molecular flexibility index (Phi) is 4.81. The first-order valence-corrected chi connectivity index (χ1v) is 7.91. The van der Waals surface area contributed by atoms with Gasteiger partial charge in [-0.25, -0.2) is 0 Å². The van der Waals surface area contributed by atoms with Crippen LogP contribution in [-0.2, 0) is 0 Å². The van der Waals surface area contributed by atoms with Crippen LogP contribution in [0.3, 0.4) is 0 Å². The third-order valence-corrected chi connectivity index (χ3v) is 5.22. The van der Waals surface area contributed by atoms with Crippen molar-refractivity contribution in [2.75, 3.05) is 0 Å². The minimum Gasteiger partial charge on any atom is -0.323 e. The largest absolute Gasteiger partial charge is 0.323 e. The quantitative estimate of drug-likeness (QED) is 0.769. The van der Waals surface area contributed by atoms with Crippen LogP contribution in [0, 0.1) is 11.3 Å². The molecule has 0 radical (unpaired) electrons. The SMILES string of the molecule is CC(C)CC1(C(N)c2cccc(Cl)c2Cl)CCCC1. The van der Waals surface area contributed by atoms with Crippen LogP contribution in [0.25, 0.3) is 0 Å². The summed E-state index contributed by atoms with van der Waals surface area (Å²) in [5.74, 6) is 0.655. The minimum atomic E-state index is -0.0106. The van der Waals surface area contributed by atoms with Crippen molar-refractivity contribution in [1.82, 2.24) is 0 Å². The van der Waals surface area contributed by atoms with Crippen LogP contribution < -0.4 is 5.73 Å². The Morgan fingerprint density at radius 3 is 2.42 bits per heavy atom. The number of halogens is 2. The molecule has 0 bridgehead atoms. The van der Waals surface area contributed by atoms with E-state index in [4.69, 9.17) is 28.9 Å². The molecule has 1 atom stereocenters. The maximum atomic E-state index is 6.61. The van der Waals surface area contributed by atoms with Crippen LogP contribution in [-0.4, -0.2) is 0 Å². The highest BCUT2D eigenvalue weighted by Crippen LogP contribution is 2.51. The van der Waals surface area contributed by atoms with Crippen molar-refractivity contribution in [1.29, 1.82) is 0 Å². The third kappa shape index (κ3) is 3.09. The topological polar surface area (TPSA) is 26.0 Å². The molecule has 1 aromatic carbocycles. The summed E-state index contributed by atoms with van der Waals surface area (Å²) in [7, 11) is 0. The summed E-state index contributed by atoms with van der Waals surface area (Å²) >= 11 is 12.5. The lowest BCUT2D eigenvalue weighted by molar-refractivity contribution is 0.183. The van der Waals surface area contributed by atoms with E-state index in [1.807, 2.05) is 18.2 Å². The highest BCUT2D eigenvalue weighted by molar-refractivity contribution is 6.42. The first-order chi connectivity index (χ1) is 8.96. The van der Waals surface area contributed by atoms with Crippen molar-refractivity contribution >= 4 is 23.2 Å². The fourth-order valence-electron chi connectivity index (χ4n) is 3.62. The van der Waals surface area contributed by atoms with E-state index < -0.39 is 0 Å². The lowest BCUT2D eigenvalue weighted by Gasteiger charge is -2.37. The van der Waals surface area contributed by atoms with Crippen molar-refractivity contribution in [3.8, 4) is 0 Å². The van der Waals surface area contributed by atoms with E-state index in [1.165, 1.54) is 25.7 Å². The second-order valence-electron chi connectivity index (χ2n) is 6.29. The first kappa shape index (κ1) is 15.2. The standard InChI is InChI=1S/C16H23Cl2N/c1-11(2)10-16(8-3-4-9-16)15(19)12-6-5-7-13(17)14(12)18/h5-7,11,15H,3-4,8-10,19H2,1-2H3. The molecule has 1 fully saturated rings. The first-order valence-electron chi connectivity index (χ1n) is 7.16. The van der Waals surface area contributed by atoms with E-state index in [9.17, 15) is 0 Å². The Labute approximate surface area is 126 Å². The summed E-state index contributed by atoms with van der Waals surface area (Å²) < 4.78 is 0. The summed E-state index contributed by atoms with van der Waals surface area (Å²) in [6, 6.07) is 5.79. The van der Waals surface area contributed by atoms with Crippen LogP contribution in [0.2, 0.25) is 10.0 Å². The van der Waals surface area contributed by atoms with Crippen LogP contribution in [0.5, 0.6) is 0 Å². The fraction of sp³-hybridized carbons (Fsp3) is 0.625. The predicted octanol–water partition coefficient (Wildman–Crippen LogP) is 5.60. The second-order valence-corrected chi connectivity index (χ2v) is 7.07. The van der Waals surface area contributed by atoms with Gasteiger partial charge in [0.25, 0.3) is 0 Å². The number of benzene rings is 1. The number of rotatable bonds is 4. The van der Waals surface area contributed by atoms with Gasteiger partial charge in [0.05, 0.1) is 10.0 Å². The second kappa shape index (κ2) is 6.03. The van der Waals surface area contributed by atoms with Crippen LogP contribution in [0.4, 0.5) is 0 Å². The molecule has 19 heavy (non-hydrogen) atoms. The molecule has 106 valence electrons. The lowest BCUT2D eigenvalue weighted by atomic mass is 9.71. The molecule has 1 aliphatic rings. The normalized spacial score (nSPS) is 19.9. The van der Waals surface area contributed by atoms with Gasteiger partial charge < -0.3 is 5.73 Å². The molecule has 0 amide bonds. The van der Waals surface area contributed by atoms with E-state index >= 15 is 0 Å². The van der Waals surface area contributed by atoms with Gasteiger partial charge in [0.2, 0.25) is 0 Å². The Bertz CT molecular complexity index is 436. The zero-order valence-electron chi connectivity index (χ0n) is 11.8. The molecular weight excluding hydrogens is 277 g/mol. The van der Waals surface area contributed by atoms with Crippen molar-refractivity contribution in [2.24, 2.45) is 17.1 Å². The smallest absolute Gasteiger partial charge is 0.0640 e. The highest BCUT2D eigenvalue weighted by Gasteiger charge is 2.41. The molecule has 0 heterocycles. The lowest BCUT2D eigenvalue weighted by Crippen LogP contribution is -2.33. The summed E-state index contributed by atoms with van der Waals surface area (Å²) in [5.41, 5.74) is 7.82. The number of hydrogen-bond donors (Lipinski definition) is 1. The zero-order valence-corrected chi connectivity index (χ0v) is 13.3. The van der Waals surface area contributed by atoms with Gasteiger partial charge in [0.1, 0.15) is 0 Å². The van der Waals surface area contributed by atoms with E-state index in [0.717, 1.165) is 12.0 Å². The molecule has 1 unspecified atom stereocenters. The Morgan fingerprint density at radius 1 is 1.21 bits per heavy atom. The molecule has 0 saturated heterocycles. The van der Waals surface area contributed by atoms with Gasteiger partial charge in [0, 0.05) is 6.04 Å². The molecule has 0 aliphatic heterocycles. The van der Waals surface area contributed by atoms with E-state index in [1.54, 1.807) is 0 Å². The molecule has 1 saturated carbocycles. The molecule has 1 aliphatic carbocycles. The van der Waals surface area contributed by atoms with Gasteiger partial charge in [-0.1, -0.05) is 62.0 Å². The molecule has 2 rings (SSSR count). The molecule has 1 nitrogen and oxygen atoms in total. The zero-order chi connectivity index (χ0) is 14.0. The van der Waals surface area contributed by atoms with Crippen molar-refractivity contribution < 1.29 is 0 Å². The van der Waals surface area contributed by atoms with Crippen molar-refractivity contribution in [3.05, 3.63) is 33.8 Å². The Balaban J connectivity index is 2.34. The third-order valence-electron chi connectivity index (χ3n) is 4.39. The Morgan fingerprint density at radius 2 is 1.84 bits per heavy atom. The van der Waals surface area contributed by atoms with Gasteiger partial charge in [-0.2, -0.15) is 0 Å². The molecular formula is C16H23Cl2N. The number of hydrogen-bond acceptors (Lipinski definition) is 1. The number of nitrogens with two attached hydrogens (primary N) is 1. The van der Waals surface area contributed by atoms with Gasteiger partial charge in [0.15, 0.2) is 0 Å². The molecule has 2 N–H and O–H groups in total. The summed E-state index contributed by atoms with van der Waals surface area (Å²) in [6.45, 7) is 4.54. The average Bonchev–Trinajstić information content (AvgIpc) is 2.80. The minimum absolute atomic E-state index is 0.0106. The van der Waals surface area contributed by atoms with Gasteiger partial charge in [-0.3, -0.25) is 0 Å². The van der Waals surface area contributed by atoms with Gasteiger partial charge in [-0.15, -0.1) is 0 Å². The summed E-state index contributed by atoms with van der Waals surface area (Å²) in [5, 5.41) is 1.24.